The Kier molecular flexibility index (Phi) is 4.95. The molecule has 0 aliphatic rings. The van der Waals surface area contributed by atoms with E-state index >= 15 is 0 Å². The summed E-state index contributed by atoms with van der Waals surface area (Å²) in [5.41, 5.74) is -0.708. The molecule has 5 nitrogen and oxygen atoms in total. The number of rotatable bonds is 5. The minimum atomic E-state index is -0.800. The molecule has 0 aliphatic carbocycles. The molecule has 0 radical (unpaired) electrons. The largest absolute Gasteiger partial charge is 0.456 e. The molecule has 1 rings (SSSR count). The molecule has 1 aromatic rings. The van der Waals surface area contributed by atoms with Gasteiger partial charge in [-0.2, -0.15) is 0 Å². The average molecular weight is 275 g/mol. The number of aliphatic hydroxyl groups excluding tert-OH is 1. The Morgan fingerprint density at radius 3 is 2.67 bits per heavy atom. The molecule has 1 aromatic carbocycles. The molecule has 0 spiro atoms. The fourth-order valence-electron chi connectivity index (χ4n) is 1.37. The highest BCUT2D eigenvalue weighted by molar-refractivity contribution is 6.35. The van der Waals surface area contributed by atoms with E-state index in [1.807, 2.05) is 0 Å². The summed E-state index contributed by atoms with van der Waals surface area (Å²) in [4.78, 5) is 15.9. The number of carbonyl (C=O) groups excluding carboxylic acids is 1. The summed E-state index contributed by atoms with van der Waals surface area (Å²) in [5, 5.41) is 17.4. The third-order valence-corrected chi connectivity index (χ3v) is 2.75. The highest BCUT2D eigenvalue weighted by atomic mass is 35.5. The lowest BCUT2D eigenvalue weighted by Crippen LogP contribution is -2.29. The number of aliphatic hydroxyl groups is 1. The molecule has 6 heteroatoms. The lowest BCUT2D eigenvalue weighted by atomic mass is 10.1. The number of carbonyl (C=O) groups is 1. The fraction of sp³-hybridized carbons (Fsp3) is 0.417. The van der Waals surface area contributed by atoms with Crippen LogP contribution in [0.15, 0.2) is 18.2 Å². The van der Waals surface area contributed by atoms with E-state index in [1.54, 1.807) is 13.8 Å². The molecular formula is C12H15ClO5. The lowest BCUT2D eigenvalue weighted by Gasteiger charge is -2.24. The number of ether oxygens (including phenoxy) is 1. The first-order valence-electron chi connectivity index (χ1n) is 5.35. The number of esters is 1. The van der Waals surface area contributed by atoms with E-state index in [2.05, 4.69) is 4.89 Å². The Morgan fingerprint density at radius 1 is 1.44 bits per heavy atom. The van der Waals surface area contributed by atoms with Crippen LogP contribution in [0.5, 0.6) is 5.75 Å². The van der Waals surface area contributed by atoms with Crippen LogP contribution in [0.25, 0.3) is 0 Å². The van der Waals surface area contributed by atoms with Crippen LogP contribution in [0, 0.1) is 0 Å². The first-order valence-corrected chi connectivity index (χ1v) is 5.73. The van der Waals surface area contributed by atoms with Gasteiger partial charge in [-0.1, -0.05) is 17.7 Å². The van der Waals surface area contributed by atoms with Crippen LogP contribution in [-0.4, -0.2) is 28.5 Å². The van der Waals surface area contributed by atoms with Gasteiger partial charge in [0, 0.05) is 13.0 Å². The molecule has 2 N–H and O–H groups in total. The Hall–Kier alpha value is -1.30. The van der Waals surface area contributed by atoms with Gasteiger partial charge in [0.1, 0.15) is 10.6 Å². The quantitative estimate of drug-likeness (QED) is 0.490. The number of hydrogen-bond acceptors (Lipinski definition) is 5. The fourth-order valence-corrected chi connectivity index (χ4v) is 1.60. The summed E-state index contributed by atoms with van der Waals surface area (Å²) in [6.45, 7) is 3.27. The van der Waals surface area contributed by atoms with Crippen molar-refractivity contribution >= 4 is 17.6 Å². The van der Waals surface area contributed by atoms with Crippen LogP contribution in [-0.2, 0) is 4.74 Å². The van der Waals surface area contributed by atoms with Crippen molar-refractivity contribution in [2.75, 3.05) is 6.61 Å². The standard InChI is InChI=1S/C12H15ClO5/c1-12(2,6-7-14)17-11(15)8-4-3-5-9(18-16)10(8)13/h3-5,14,16H,6-7H2,1-2H3. The second kappa shape index (κ2) is 6.04. The molecule has 0 aliphatic heterocycles. The van der Waals surface area contributed by atoms with Crippen molar-refractivity contribution in [1.29, 1.82) is 0 Å². The first kappa shape index (κ1) is 14.8. The van der Waals surface area contributed by atoms with Gasteiger partial charge in [0.15, 0.2) is 5.75 Å². The van der Waals surface area contributed by atoms with Crippen LogP contribution >= 0.6 is 11.6 Å². The maximum absolute atomic E-state index is 11.9. The maximum atomic E-state index is 11.9. The highest BCUT2D eigenvalue weighted by Gasteiger charge is 2.25. The molecule has 0 saturated carbocycles. The zero-order valence-corrected chi connectivity index (χ0v) is 10.9. The normalized spacial score (nSPS) is 11.2. The second-order valence-corrected chi connectivity index (χ2v) is 4.71. The first-order chi connectivity index (χ1) is 8.41. The monoisotopic (exact) mass is 274 g/mol. The van der Waals surface area contributed by atoms with Crippen LogP contribution in [0.1, 0.15) is 30.6 Å². The third-order valence-electron chi connectivity index (χ3n) is 2.36. The minimum Gasteiger partial charge on any atom is -0.456 e. The summed E-state index contributed by atoms with van der Waals surface area (Å²) in [7, 11) is 0. The van der Waals surface area contributed by atoms with Gasteiger partial charge in [0.25, 0.3) is 0 Å². The van der Waals surface area contributed by atoms with E-state index < -0.39 is 11.6 Å². The van der Waals surface area contributed by atoms with Crippen LogP contribution in [0.2, 0.25) is 5.02 Å². The molecule has 0 heterocycles. The molecule has 0 saturated heterocycles. The zero-order chi connectivity index (χ0) is 13.8. The summed E-state index contributed by atoms with van der Waals surface area (Å²) < 4.78 is 5.22. The van der Waals surface area contributed by atoms with E-state index in [-0.39, 0.29) is 22.9 Å². The Balaban J connectivity index is 2.91. The molecular weight excluding hydrogens is 260 g/mol. The summed E-state index contributed by atoms with van der Waals surface area (Å²) in [5.74, 6) is -0.663. The smallest absolute Gasteiger partial charge is 0.340 e. The molecule has 0 atom stereocenters. The highest BCUT2D eigenvalue weighted by Crippen LogP contribution is 2.29. The van der Waals surface area contributed by atoms with Gasteiger partial charge in [-0.05, 0) is 26.0 Å². The van der Waals surface area contributed by atoms with Crippen molar-refractivity contribution in [2.24, 2.45) is 0 Å². The van der Waals surface area contributed by atoms with E-state index in [1.165, 1.54) is 18.2 Å². The van der Waals surface area contributed by atoms with Crippen LogP contribution in [0.4, 0.5) is 0 Å². The van der Waals surface area contributed by atoms with E-state index in [9.17, 15) is 4.79 Å². The second-order valence-electron chi connectivity index (χ2n) is 4.33. The van der Waals surface area contributed by atoms with Crippen molar-refractivity contribution < 1.29 is 24.8 Å². The van der Waals surface area contributed by atoms with Crippen molar-refractivity contribution in [3.05, 3.63) is 28.8 Å². The van der Waals surface area contributed by atoms with Gasteiger partial charge in [-0.25, -0.2) is 10.1 Å². The molecule has 100 valence electrons. The summed E-state index contributed by atoms with van der Waals surface area (Å²) >= 11 is 5.87. The van der Waals surface area contributed by atoms with E-state index in [4.69, 9.17) is 26.7 Å². The van der Waals surface area contributed by atoms with Gasteiger partial charge in [-0.15, -0.1) is 0 Å². The van der Waals surface area contributed by atoms with Gasteiger partial charge in [0.05, 0.1) is 5.56 Å². The zero-order valence-electron chi connectivity index (χ0n) is 10.1. The van der Waals surface area contributed by atoms with Gasteiger partial charge in [-0.3, -0.25) is 0 Å². The van der Waals surface area contributed by atoms with Crippen molar-refractivity contribution in [2.45, 2.75) is 25.9 Å². The molecule has 0 aromatic heterocycles. The van der Waals surface area contributed by atoms with Crippen LogP contribution < -0.4 is 4.89 Å². The van der Waals surface area contributed by atoms with Crippen LogP contribution in [0.3, 0.4) is 0 Å². The Bertz CT molecular complexity index is 430. The van der Waals surface area contributed by atoms with E-state index in [0.717, 1.165) is 0 Å². The van der Waals surface area contributed by atoms with Gasteiger partial charge < -0.3 is 14.7 Å². The summed E-state index contributed by atoms with van der Waals surface area (Å²) in [6, 6.07) is 4.38. The lowest BCUT2D eigenvalue weighted by molar-refractivity contribution is -0.137. The SMILES string of the molecule is CC(C)(CCO)OC(=O)c1cccc(OO)c1Cl. The van der Waals surface area contributed by atoms with Crippen molar-refractivity contribution in [3.8, 4) is 5.75 Å². The van der Waals surface area contributed by atoms with E-state index in [0.29, 0.717) is 6.42 Å². The van der Waals surface area contributed by atoms with Gasteiger partial charge in [0.2, 0.25) is 0 Å². The maximum Gasteiger partial charge on any atom is 0.340 e. The van der Waals surface area contributed by atoms with Gasteiger partial charge >= 0.3 is 5.97 Å². The third kappa shape index (κ3) is 3.60. The molecule has 0 bridgehead atoms. The predicted molar refractivity (Wildman–Crippen MR) is 65.9 cm³/mol. The molecule has 18 heavy (non-hydrogen) atoms. The predicted octanol–water partition coefficient (Wildman–Crippen LogP) is 2.51. The minimum absolute atomic E-state index is 0.0221. The molecule has 0 fully saturated rings. The Morgan fingerprint density at radius 2 is 2.11 bits per heavy atom. The number of halogens is 1. The summed E-state index contributed by atoms with van der Waals surface area (Å²) in [6.07, 6.45) is 0.312. The molecule has 0 amide bonds. The number of benzene rings is 1. The topological polar surface area (TPSA) is 76.0 Å². The number of hydrogen-bond donors (Lipinski definition) is 2. The van der Waals surface area contributed by atoms with Crippen molar-refractivity contribution in [1.82, 2.24) is 0 Å². The van der Waals surface area contributed by atoms with Crippen molar-refractivity contribution in [3.63, 3.8) is 0 Å². The Labute approximate surface area is 110 Å². The molecule has 0 unspecified atom stereocenters. The average Bonchev–Trinajstić information content (AvgIpc) is 2.28.